The van der Waals surface area contributed by atoms with Gasteiger partial charge in [-0.25, -0.2) is 0 Å². The molecule has 5 aliphatic rings. The van der Waals surface area contributed by atoms with Crippen LogP contribution in [0.25, 0.3) is 291 Å². The van der Waals surface area contributed by atoms with Gasteiger partial charge in [-0.3, -0.25) is 14.4 Å². The molecule has 34 rings (SSSR count). The van der Waals surface area contributed by atoms with E-state index in [9.17, 15) is 4.79 Å². The van der Waals surface area contributed by atoms with E-state index in [0.717, 1.165) is 37.7 Å². The molecule has 29 aromatic carbocycles. The van der Waals surface area contributed by atoms with E-state index < -0.39 is 28.2 Å². The Morgan fingerprint density at radius 2 is 0.534 bits per heavy atom. The van der Waals surface area contributed by atoms with E-state index in [4.69, 9.17) is 14.2 Å². The maximum absolute atomic E-state index is 17.6. The second-order valence-electron chi connectivity index (χ2n) is 30.3. The van der Waals surface area contributed by atoms with Crippen molar-refractivity contribution in [2.24, 2.45) is 5.41 Å². The van der Waals surface area contributed by atoms with Crippen molar-refractivity contribution in [1.29, 1.82) is 0 Å². The lowest BCUT2D eigenvalue weighted by atomic mass is 9.68. The smallest absolute Gasteiger partial charge is 0.326 e. The Kier molecular flexibility index (Phi) is 4.28. The van der Waals surface area contributed by atoms with Crippen LogP contribution in [0, 0.1) is 5.41 Å². The Hall–Kier alpha value is -9.91. The second kappa shape index (κ2) is 9.83. The first-order valence-corrected chi connectivity index (χ1v) is 32.9. The van der Waals surface area contributed by atoms with Crippen LogP contribution >= 0.6 is 0 Å². The van der Waals surface area contributed by atoms with Crippen LogP contribution in [-0.4, -0.2) is 31.1 Å². The van der Waals surface area contributed by atoms with Crippen molar-refractivity contribution in [2.75, 3.05) is 13.2 Å². The lowest BCUT2D eigenvalue weighted by Gasteiger charge is -2.32. The van der Waals surface area contributed by atoms with Crippen LogP contribution in [0.15, 0.2) is 30.3 Å². The Morgan fingerprint density at radius 1 is 0.284 bits per heavy atom. The third kappa shape index (κ3) is 2.43. The first-order chi connectivity index (χ1) is 43.6. The zero-order chi connectivity index (χ0) is 54.7. The van der Waals surface area contributed by atoms with E-state index in [1.54, 1.807) is 53.9 Å². The van der Waals surface area contributed by atoms with Crippen molar-refractivity contribution in [3.05, 3.63) is 58.1 Å². The number of unbranched alkanes of at least 4 members (excludes halogenated alkanes) is 5. The highest BCUT2D eigenvalue weighted by Crippen LogP contribution is 2.96. The van der Waals surface area contributed by atoms with Gasteiger partial charge in [-0.2, -0.15) is 0 Å². The molecule has 29 aromatic rings. The fourth-order valence-electron chi connectivity index (χ4n) is 27.7. The molecule has 0 bridgehead atoms. The number of benzene rings is 19. The van der Waals surface area contributed by atoms with Gasteiger partial charge in [-0.05, 0) is 344 Å². The largest absolute Gasteiger partial charge is 0.466 e. The number of carbonyl (C=O) groups is 3. The molecule has 0 N–H and O–H groups in total. The van der Waals surface area contributed by atoms with E-state index in [-0.39, 0.29) is 19.2 Å². The molecule has 0 unspecified atom stereocenters. The van der Waals surface area contributed by atoms with Crippen molar-refractivity contribution in [3.8, 4) is 0 Å². The molecule has 0 aromatic heterocycles. The van der Waals surface area contributed by atoms with Gasteiger partial charge in [-0.1, -0.05) is 56.5 Å². The summed E-state index contributed by atoms with van der Waals surface area (Å²) in [5.74, 6) is -1.01. The van der Waals surface area contributed by atoms with Crippen LogP contribution in [0.3, 0.4) is 0 Å². The van der Waals surface area contributed by atoms with Gasteiger partial charge in [0.2, 0.25) is 0 Å². The van der Waals surface area contributed by atoms with Crippen LogP contribution < -0.4 is 0 Å². The zero-order valence-electron chi connectivity index (χ0n) is 46.6. The highest BCUT2D eigenvalue weighted by Gasteiger charge is 3.01. The Morgan fingerprint density at radius 3 is 0.818 bits per heavy atom. The van der Waals surface area contributed by atoms with Crippen molar-refractivity contribution in [2.45, 2.75) is 75.7 Å². The summed E-state index contributed by atoms with van der Waals surface area (Å²) in [6.07, 6.45) is 6.59. The molecule has 88 heavy (non-hydrogen) atoms. The number of hydrogen-bond donors (Lipinski definition) is 0. The summed E-state index contributed by atoms with van der Waals surface area (Å²) in [4.78, 5) is 48.0. The molecule has 0 amide bonds. The summed E-state index contributed by atoms with van der Waals surface area (Å²) in [6.45, 7) is 2.74. The summed E-state index contributed by atoms with van der Waals surface area (Å²) < 4.78 is 20.0. The Labute approximate surface area is 487 Å². The molecule has 6 heteroatoms. The molecule has 0 atom stereocenters. The van der Waals surface area contributed by atoms with Gasteiger partial charge < -0.3 is 14.2 Å². The molecule has 0 aliphatic heterocycles. The molecule has 0 saturated heterocycles. The molecule has 5 aliphatic carbocycles. The molecule has 1 fully saturated rings. The predicted octanol–water partition coefficient (Wildman–Crippen LogP) is 20.3. The van der Waals surface area contributed by atoms with E-state index in [0.29, 0.717) is 25.9 Å². The molecule has 1 saturated carbocycles. The molecule has 394 valence electrons. The highest BCUT2D eigenvalue weighted by atomic mass is 16.6. The molecule has 2 spiro atoms. The van der Waals surface area contributed by atoms with Gasteiger partial charge in [0, 0.05) is 6.42 Å². The third-order valence-corrected chi connectivity index (χ3v) is 28.7. The average Bonchev–Trinajstić information content (AvgIpc) is 1.36. The van der Waals surface area contributed by atoms with Crippen LogP contribution in [-0.2, 0) is 46.0 Å². The monoisotopic (exact) mass is 1110 g/mol. The minimum atomic E-state index is -1.81. The van der Waals surface area contributed by atoms with Gasteiger partial charge in [0.1, 0.15) is 6.61 Å². The molecular formula is C82H30O6. The Balaban J connectivity index is 0.828. The normalized spacial score (nSPS) is 21.6. The third-order valence-electron chi connectivity index (χ3n) is 28.7. The van der Waals surface area contributed by atoms with E-state index in [1.165, 1.54) is 259 Å². The van der Waals surface area contributed by atoms with Crippen LogP contribution in [0.1, 0.15) is 86.1 Å². The minimum absolute atomic E-state index is 0.0527. The SMILES string of the molecule is CCCCCCC(=O)OCCCCCOC(=O)C1(C(=O)OCc2ccccc2)C23c4c5c6c7c8c9c(c%10c%11c2c2c4c4c%12c5c5c6c6c8c8c%13c9c9c%10c%10c%11c%11c2c2c4c4c%12c%12c5c5c6c8c6c8c%13c9c9c%10c%10c%11c2c2c4c4c%12c5c6c5c8c9c%10c2c45)C713. The van der Waals surface area contributed by atoms with Gasteiger partial charge in [0.15, 0.2) is 5.41 Å². The van der Waals surface area contributed by atoms with Gasteiger partial charge >= 0.3 is 17.9 Å². The van der Waals surface area contributed by atoms with Crippen molar-refractivity contribution < 1.29 is 28.6 Å². The fraction of sp³-hybridized carbons (Fsp3) is 0.183. The quantitative estimate of drug-likeness (QED) is 0.0335. The topological polar surface area (TPSA) is 78.9 Å². The number of rotatable bonds is 15. The van der Waals surface area contributed by atoms with Gasteiger partial charge in [0.05, 0.1) is 24.0 Å². The molecule has 0 heterocycles. The number of ether oxygens (including phenoxy) is 3. The molecule has 6 nitrogen and oxygen atoms in total. The van der Waals surface area contributed by atoms with Crippen molar-refractivity contribution in [3.63, 3.8) is 0 Å². The average molecular weight is 1110 g/mol. The number of esters is 3. The lowest BCUT2D eigenvalue weighted by Crippen LogP contribution is -2.38. The number of hydrogen-bond acceptors (Lipinski definition) is 6. The highest BCUT2D eigenvalue weighted by molar-refractivity contribution is 6.82. The molecule has 0 radical (unpaired) electrons. The standard InChI is InChI=1S/C82H30O6/c1-2-3-4-9-14-19(83)86-15-10-6-11-16-87-78(84)82(79(85)88-17-18-12-7-5-8-13-18)80-74-66-58-48-38-30-22-20-21-24-28-26(22)34-42-36(28)46-40-32(24)33-25(21)29-27-23(20)31(30)39-45-35(27)43-37(29)47-41(33)51-50(40)60-54(46)64-56(42)62(52(58)44(34)38)70(74)72(64)76-68(60)69-61(51)55(47)65-57(43)63-53(45)59(49(39)48)67(66)75(80)71(63)73(65)77(69)81(76,80)82/h5,7-8,12-13H,2-4,6,9-11,14-17H2,1H3. The maximum atomic E-state index is 17.6. The van der Waals surface area contributed by atoms with Gasteiger partial charge in [-0.15, -0.1) is 0 Å². The minimum Gasteiger partial charge on any atom is -0.466 e. The Bertz CT molecular complexity index is 7430. The van der Waals surface area contributed by atoms with E-state index in [1.807, 2.05) is 30.3 Å². The van der Waals surface area contributed by atoms with Crippen molar-refractivity contribution in [1.82, 2.24) is 0 Å². The van der Waals surface area contributed by atoms with Crippen molar-refractivity contribution >= 4 is 309 Å². The van der Waals surface area contributed by atoms with Crippen LogP contribution in [0.5, 0.6) is 0 Å². The first kappa shape index (κ1) is 38.3. The summed E-state index contributed by atoms with van der Waals surface area (Å²) in [5.41, 5.74) is 1.73. The first-order valence-electron chi connectivity index (χ1n) is 32.9. The number of carbonyl (C=O) groups excluding carboxylic acids is 3. The summed E-state index contributed by atoms with van der Waals surface area (Å²) in [5, 5.41) is 78.9. The van der Waals surface area contributed by atoms with Crippen LogP contribution in [0.2, 0.25) is 0 Å². The summed E-state index contributed by atoms with van der Waals surface area (Å²) in [7, 11) is 0. The maximum Gasteiger partial charge on any atom is 0.326 e. The predicted molar refractivity (Wildman–Crippen MR) is 357 cm³/mol. The van der Waals surface area contributed by atoms with E-state index >= 15 is 9.59 Å². The second-order valence-corrected chi connectivity index (χ2v) is 30.3. The summed E-state index contributed by atoms with van der Waals surface area (Å²) in [6, 6.07) is 10.1. The van der Waals surface area contributed by atoms with E-state index in [2.05, 4.69) is 6.92 Å². The van der Waals surface area contributed by atoms with Crippen LogP contribution in [0.4, 0.5) is 0 Å². The summed E-state index contributed by atoms with van der Waals surface area (Å²) >= 11 is 0. The zero-order valence-corrected chi connectivity index (χ0v) is 46.6. The lowest BCUT2D eigenvalue weighted by molar-refractivity contribution is -0.167. The molecular weight excluding hydrogens is 1080 g/mol. The fourth-order valence-corrected chi connectivity index (χ4v) is 27.7. The van der Waals surface area contributed by atoms with Gasteiger partial charge in [0.25, 0.3) is 0 Å².